The fourth-order valence-electron chi connectivity index (χ4n) is 16.7. The molecule has 0 atom stereocenters. The van der Waals surface area contributed by atoms with Gasteiger partial charge in [0.2, 0.25) is 0 Å². The first-order valence-electron chi connectivity index (χ1n) is 46.1. The average molecular weight is 1860 g/mol. The molecule has 11 heterocycles. The van der Waals surface area contributed by atoms with Crippen LogP contribution in [-0.2, 0) is 30.7 Å². The highest BCUT2D eigenvalue weighted by Crippen LogP contribution is 2.41. The highest BCUT2D eigenvalue weighted by Gasteiger charge is 2.23. The molecule has 0 unspecified atom stereocenters. The van der Waals surface area contributed by atoms with Gasteiger partial charge in [-0.15, -0.1) is 0 Å². The van der Waals surface area contributed by atoms with Crippen molar-refractivity contribution in [3.8, 4) is 118 Å². The first-order chi connectivity index (χ1) is 68.1. The number of benzene rings is 10. The summed E-state index contributed by atoms with van der Waals surface area (Å²) in [6.45, 7) is 22.4. The second kappa shape index (κ2) is 43.8. The summed E-state index contributed by atoms with van der Waals surface area (Å²) >= 11 is 0. The van der Waals surface area contributed by atoms with Gasteiger partial charge in [-0.3, -0.25) is 84.5 Å². The average Bonchev–Trinajstić information content (AvgIpc) is 0.796. The number of likely N-dealkylation sites (N-methyl/N-ethyl adjacent to an activating group) is 1. The van der Waals surface area contributed by atoms with Gasteiger partial charge in [-0.1, -0.05) is 51.1 Å². The zero-order valence-electron chi connectivity index (χ0n) is 79.1. The van der Waals surface area contributed by atoms with Gasteiger partial charge in [0, 0.05) is 182 Å². The number of rotatable bonds is 19. The number of pyridine rings is 5. The van der Waals surface area contributed by atoms with Crippen LogP contribution in [0.3, 0.4) is 0 Å². The molecular weight excluding hydrogens is 1760 g/mol. The molecule has 25 heteroatoms. The molecular formula is C115H99F5N18O2. The number of nitrogens with zero attached hydrogens (tertiary/aromatic N) is 18. The molecule has 0 bridgehead atoms. The molecule has 696 valence electrons. The number of carbonyl (C=O) groups excluding carboxylic acids is 1. The number of piperazine rings is 1. The molecule has 1 aliphatic heterocycles. The van der Waals surface area contributed by atoms with E-state index in [9.17, 15) is 26.7 Å². The van der Waals surface area contributed by atoms with E-state index < -0.39 is 0 Å². The van der Waals surface area contributed by atoms with Crippen LogP contribution in [0.5, 0.6) is 5.75 Å². The van der Waals surface area contributed by atoms with E-state index in [1.165, 1.54) is 42.1 Å². The van der Waals surface area contributed by atoms with E-state index in [0.717, 1.165) is 237 Å². The van der Waals surface area contributed by atoms with E-state index in [1.807, 2.05) is 128 Å². The Morgan fingerprint density at radius 1 is 0.293 bits per heavy atom. The summed E-state index contributed by atoms with van der Waals surface area (Å²) in [7, 11) is 4.25. The highest BCUT2D eigenvalue weighted by atomic mass is 19.1. The van der Waals surface area contributed by atoms with Crippen molar-refractivity contribution in [2.24, 2.45) is 0 Å². The molecule has 1 fully saturated rings. The van der Waals surface area contributed by atoms with Crippen molar-refractivity contribution in [1.29, 1.82) is 0 Å². The summed E-state index contributed by atoms with van der Waals surface area (Å²) in [5, 5.41) is 0. The molecule has 140 heavy (non-hydrogen) atoms. The minimum atomic E-state index is -0.276. The number of carbonyl (C=O) groups is 1. The first kappa shape index (κ1) is 95.4. The van der Waals surface area contributed by atoms with Crippen LogP contribution in [0.15, 0.2) is 305 Å². The number of aromatic nitrogens is 15. The van der Waals surface area contributed by atoms with E-state index in [2.05, 4.69) is 151 Å². The molecule has 1 saturated heterocycles. The summed E-state index contributed by atoms with van der Waals surface area (Å²) in [4.78, 5) is 85.0. The molecule has 0 amide bonds. The molecule has 0 aliphatic carbocycles. The maximum atomic E-state index is 13.9. The first-order valence-corrected chi connectivity index (χ1v) is 46.1. The Hall–Kier alpha value is -16.4. The lowest BCUT2D eigenvalue weighted by atomic mass is 9.96. The number of aryl methyl sites for hydroxylation is 7. The minimum Gasteiger partial charge on any atom is -0.427 e. The molecule has 21 rings (SSSR count). The van der Waals surface area contributed by atoms with Crippen LogP contribution in [-0.4, -0.2) is 143 Å². The third-order valence-corrected chi connectivity index (χ3v) is 24.7. The molecule has 0 N–H and O–H groups in total. The van der Waals surface area contributed by atoms with Crippen molar-refractivity contribution in [1.82, 2.24) is 89.5 Å². The standard InChI is InChI=1S/C26H26FN5.C24H23FN4.2C22H18FN3.C21H14FN3O2/c1-18-13-21(3-5-23(18)27)26-22(20-4-6-24-25(15-20)29-8-7-28-24)14-19(16-30-26)17-32-11-9-31(2)10-12-32;1-4-29(3)15-17-12-20(18-6-8-22-23(13-18)27-10-9-26-22)24(28-14-17)19-5-7-21(25)16(2)11-19;2*1-3-15-11-18(16-5-7-20-21(12-16)25-9-8-24-20)22(26-13-15)17-4-6-19(23)14(2)10-17;1-13-8-15(2-4-18(13)22)21-17(10-16(11-25-21)27-12-26)14-3-5-19-20(9-14)24-7-6-23-19/h3-8,13-16H,9-12,17H2,1-2H3;5-14H,4,15H2,1-3H3;2*4-13H,3H2,1-2H3;2-12H,1H3. The summed E-state index contributed by atoms with van der Waals surface area (Å²) < 4.78 is 73.8. The summed E-state index contributed by atoms with van der Waals surface area (Å²) in [5.74, 6) is -0.785. The predicted molar refractivity (Wildman–Crippen MR) is 545 cm³/mol. The van der Waals surface area contributed by atoms with Gasteiger partial charge >= 0.3 is 0 Å². The van der Waals surface area contributed by atoms with Crippen LogP contribution < -0.4 is 4.74 Å². The Morgan fingerprint density at radius 3 is 0.821 bits per heavy atom. The molecule has 0 spiro atoms. The Labute approximate surface area is 808 Å². The number of hydrogen-bond acceptors (Lipinski definition) is 20. The van der Waals surface area contributed by atoms with Crippen LogP contribution in [0.4, 0.5) is 22.0 Å². The number of halogens is 5. The number of ether oxygens (including phenoxy) is 1. The lowest BCUT2D eigenvalue weighted by molar-refractivity contribution is -0.120. The topological polar surface area (TPSA) is 229 Å². The van der Waals surface area contributed by atoms with Crippen LogP contribution in [0.25, 0.3) is 167 Å². The normalized spacial score (nSPS) is 12.0. The third-order valence-electron chi connectivity index (χ3n) is 24.7. The molecule has 20 aromatic rings. The Morgan fingerprint density at radius 2 is 0.543 bits per heavy atom. The third kappa shape index (κ3) is 22.5. The zero-order chi connectivity index (χ0) is 97.5. The van der Waals surface area contributed by atoms with Gasteiger partial charge in [0.05, 0.1) is 89.8 Å². The smallest absolute Gasteiger partial charge is 0.298 e. The second-order valence-electron chi connectivity index (χ2n) is 34.5. The fraction of sp³-hybridized carbons (Fsp3) is 0.165. The van der Waals surface area contributed by atoms with Crippen molar-refractivity contribution in [3.05, 3.63) is 384 Å². The molecule has 10 aromatic heterocycles. The molecule has 20 nitrogen and oxygen atoms in total. The summed E-state index contributed by atoms with van der Waals surface area (Å²) in [5.41, 5.74) is 34.0. The maximum Gasteiger partial charge on any atom is 0.298 e. The van der Waals surface area contributed by atoms with Gasteiger partial charge in [-0.2, -0.15) is 0 Å². The molecule has 0 saturated carbocycles. The van der Waals surface area contributed by atoms with Crippen LogP contribution in [0.2, 0.25) is 0 Å². The highest BCUT2D eigenvalue weighted by molar-refractivity contribution is 5.93. The van der Waals surface area contributed by atoms with E-state index in [0.29, 0.717) is 45.7 Å². The van der Waals surface area contributed by atoms with E-state index in [1.54, 1.807) is 139 Å². The van der Waals surface area contributed by atoms with Crippen LogP contribution in [0, 0.1) is 63.7 Å². The van der Waals surface area contributed by atoms with Crippen LogP contribution >= 0.6 is 0 Å². The van der Waals surface area contributed by atoms with Gasteiger partial charge in [0.25, 0.3) is 6.47 Å². The van der Waals surface area contributed by atoms with Gasteiger partial charge in [0.1, 0.15) is 34.8 Å². The molecule has 0 radical (unpaired) electrons. The zero-order valence-corrected chi connectivity index (χ0v) is 79.1. The van der Waals surface area contributed by atoms with Gasteiger partial charge in [-0.05, 0) is 328 Å². The summed E-state index contributed by atoms with van der Waals surface area (Å²) in [6, 6.07) is 65.7. The fourth-order valence-corrected chi connectivity index (χ4v) is 16.7. The Balaban J connectivity index is 0.000000121. The Kier molecular flexibility index (Phi) is 29.8. The quantitative estimate of drug-likeness (QED) is 0.0541. The molecule has 1 aliphatic rings. The van der Waals surface area contributed by atoms with Crippen molar-refractivity contribution in [2.75, 3.05) is 46.8 Å². The number of fused-ring (bicyclic) bond motifs is 5. The number of hydrogen-bond donors (Lipinski definition) is 0. The Bertz CT molecular complexity index is 7780. The van der Waals surface area contributed by atoms with Gasteiger partial charge in [0.15, 0.2) is 0 Å². The SMILES string of the molecule is CCN(C)Cc1cnc(-c2ccc(F)c(C)c2)c(-c2ccc3nccnc3c2)c1.CCc1cnc(-c2ccc(F)c(C)c2)c(-c2ccc3nccnc3c2)c1.CCc1cnc(-c2ccc(F)c(C)c2)c(-c2ccc3nccnc3c2)c1.Cc1cc(-c2ncc(CN3CCN(C)CC3)cc2-c2ccc3nccnc3c2)ccc1F.Cc1cc(-c2ncc(OC=O)cc2-c2ccc3nccnc3c2)ccc1F. The van der Waals surface area contributed by atoms with E-state index in [4.69, 9.17) is 14.7 Å². The largest absolute Gasteiger partial charge is 0.427 e. The maximum absolute atomic E-state index is 13.9. The van der Waals surface area contributed by atoms with E-state index in [-0.39, 0.29) is 29.1 Å². The van der Waals surface area contributed by atoms with Crippen molar-refractivity contribution in [2.45, 2.75) is 81.3 Å². The van der Waals surface area contributed by atoms with Crippen molar-refractivity contribution in [3.63, 3.8) is 0 Å². The van der Waals surface area contributed by atoms with Gasteiger partial charge in [-0.25, -0.2) is 22.0 Å². The lowest BCUT2D eigenvalue weighted by Gasteiger charge is -2.32. The predicted octanol–water partition coefficient (Wildman–Crippen LogP) is 24.9. The minimum absolute atomic E-state index is 0.206. The van der Waals surface area contributed by atoms with Crippen LogP contribution in [0.1, 0.15) is 70.8 Å². The monoisotopic (exact) mass is 1860 g/mol. The molecule has 10 aromatic carbocycles. The second-order valence-corrected chi connectivity index (χ2v) is 34.5. The lowest BCUT2D eigenvalue weighted by Crippen LogP contribution is -2.43. The van der Waals surface area contributed by atoms with Crippen molar-refractivity contribution < 1.29 is 31.5 Å². The summed E-state index contributed by atoms with van der Waals surface area (Å²) in [6.07, 6.45) is 27.7. The van der Waals surface area contributed by atoms with Gasteiger partial charge < -0.3 is 14.5 Å². The van der Waals surface area contributed by atoms with E-state index >= 15 is 0 Å². The van der Waals surface area contributed by atoms with Crippen molar-refractivity contribution >= 4 is 61.6 Å².